The lowest BCUT2D eigenvalue weighted by molar-refractivity contribution is -0.135. The van der Waals surface area contributed by atoms with Gasteiger partial charge in [-0.25, -0.2) is 4.79 Å². The van der Waals surface area contributed by atoms with E-state index in [-0.39, 0.29) is 24.9 Å². The lowest BCUT2D eigenvalue weighted by atomic mass is 9.93. The Kier molecular flexibility index (Phi) is 10.7. The van der Waals surface area contributed by atoms with E-state index < -0.39 is 47.2 Å². The molecular weight excluding hydrogens is 434 g/mol. The van der Waals surface area contributed by atoms with Gasteiger partial charge in [0.05, 0.1) is 25.9 Å². The molecular formula is C22H39N3O8. The van der Waals surface area contributed by atoms with Crippen molar-refractivity contribution in [3.63, 3.8) is 0 Å². The summed E-state index contributed by atoms with van der Waals surface area (Å²) in [7, 11) is 2.76. The van der Waals surface area contributed by atoms with E-state index in [0.29, 0.717) is 13.0 Å². The quantitative estimate of drug-likeness (QED) is 0.329. The summed E-state index contributed by atoms with van der Waals surface area (Å²) in [5, 5.41) is 7.71. The Bertz CT molecular complexity index is 700. The van der Waals surface area contributed by atoms with Gasteiger partial charge in [-0.05, 0) is 40.0 Å². The summed E-state index contributed by atoms with van der Waals surface area (Å²) in [6.45, 7) is 10.7. The van der Waals surface area contributed by atoms with Crippen LogP contribution in [0.5, 0.6) is 0 Å². The van der Waals surface area contributed by atoms with Crippen molar-refractivity contribution in [1.82, 2.24) is 16.0 Å². The average Bonchev–Trinajstić information content (AvgIpc) is 3.42. The summed E-state index contributed by atoms with van der Waals surface area (Å²) < 4.78 is 20.5. The Labute approximate surface area is 195 Å². The molecule has 0 spiro atoms. The van der Waals surface area contributed by atoms with Gasteiger partial charge in [0.2, 0.25) is 11.8 Å². The fourth-order valence-electron chi connectivity index (χ4n) is 3.02. The van der Waals surface area contributed by atoms with Crippen molar-refractivity contribution in [3.05, 3.63) is 0 Å². The van der Waals surface area contributed by atoms with Crippen molar-refractivity contribution in [2.24, 2.45) is 5.92 Å². The monoisotopic (exact) mass is 473 g/mol. The molecule has 1 saturated heterocycles. The number of nitrogens with one attached hydrogen (secondary N) is 3. The molecule has 0 saturated carbocycles. The first-order valence-electron chi connectivity index (χ1n) is 11.0. The molecule has 3 N–H and O–H groups in total. The van der Waals surface area contributed by atoms with Gasteiger partial charge in [0, 0.05) is 14.2 Å². The number of rotatable bonds is 13. The molecule has 1 rings (SSSR count). The number of alkyl carbamates (subject to hydrolysis) is 1. The second-order valence-corrected chi connectivity index (χ2v) is 9.75. The Morgan fingerprint density at radius 3 is 1.76 bits per heavy atom. The van der Waals surface area contributed by atoms with Crippen LogP contribution in [0.3, 0.4) is 0 Å². The Morgan fingerprint density at radius 1 is 0.909 bits per heavy atom. The summed E-state index contributed by atoms with van der Waals surface area (Å²) in [6, 6.07) is -2.97. The fraction of sp³-hybridized carbons (Fsp3) is 0.818. The highest BCUT2D eigenvalue weighted by atomic mass is 16.6. The maximum absolute atomic E-state index is 13.0. The van der Waals surface area contributed by atoms with Crippen molar-refractivity contribution in [3.8, 4) is 0 Å². The minimum Gasteiger partial charge on any atom is -0.444 e. The molecule has 1 fully saturated rings. The maximum Gasteiger partial charge on any atom is 0.408 e. The number of hydrogen-bond acceptors (Lipinski definition) is 8. The van der Waals surface area contributed by atoms with Gasteiger partial charge in [-0.3, -0.25) is 14.4 Å². The number of epoxide rings is 1. The van der Waals surface area contributed by atoms with E-state index in [1.54, 1.807) is 27.7 Å². The fourth-order valence-corrected chi connectivity index (χ4v) is 3.02. The first-order chi connectivity index (χ1) is 15.2. The molecule has 2 unspecified atom stereocenters. The van der Waals surface area contributed by atoms with Crippen LogP contribution in [0, 0.1) is 5.92 Å². The molecule has 4 atom stereocenters. The molecule has 0 aromatic heterocycles. The second-order valence-electron chi connectivity index (χ2n) is 9.75. The van der Waals surface area contributed by atoms with E-state index in [1.807, 2.05) is 13.8 Å². The van der Waals surface area contributed by atoms with Crippen LogP contribution in [0.15, 0.2) is 0 Å². The van der Waals surface area contributed by atoms with E-state index in [4.69, 9.17) is 18.9 Å². The van der Waals surface area contributed by atoms with Gasteiger partial charge in [-0.1, -0.05) is 13.8 Å². The van der Waals surface area contributed by atoms with Crippen molar-refractivity contribution < 1.29 is 38.1 Å². The van der Waals surface area contributed by atoms with Crippen LogP contribution >= 0.6 is 0 Å². The third-order valence-corrected chi connectivity index (χ3v) is 4.75. The molecule has 1 aliphatic heterocycles. The van der Waals surface area contributed by atoms with Crippen LogP contribution in [0.2, 0.25) is 0 Å². The summed E-state index contributed by atoms with van der Waals surface area (Å²) in [4.78, 5) is 50.7. The Hall–Kier alpha value is -2.24. The second kappa shape index (κ2) is 12.3. The highest BCUT2D eigenvalue weighted by molar-refractivity contribution is 5.98. The summed E-state index contributed by atoms with van der Waals surface area (Å²) in [5.74, 6) is -1.32. The standard InChI is InChI=1S/C22H39N3O8/c1-13(2)9-14(17(26)22(6)12-32-22)23-18(27)15(10-30-7)24-19(28)16(11-31-8)25-20(29)33-21(3,4)5/h13-16H,9-12H2,1-8H3,(H,23,27)(H,24,28)(H,25,29)/t14-,15-,16?,22?/m0/s1. The smallest absolute Gasteiger partial charge is 0.408 e. The van der Waals surface area contributed by atoms with Crippen molar-refractivity contribution >= 4 is 23.7 Å². The molecule has 0 aliphatic carbocycles. The number of Topliss-reactive ketones (excluding diaryl/α,β-unsaturated/α-hetero) is 1. The Balaban J connectivity index is 2.88. The minimum absolute atomic E-state index is 0.139. The van der Waals surface area contributed by atoms with Gasteiger partial charge in [0.1, 0.15) is 23.3 Å². The number of carbonyl (C=O) groups excluding carboxylic acids is 4. The first kappa shape index (κ1) is 28.8. The molecule has 0 radical (unpaired) electrons. The molecule has 0 bridgehead atoms. The van der Waals surface area contributed by atoms with Crippen molar-refractivity contribution in [1.29, 1.82) is 0 Å². The van der Waals surface area contributed by atoms with Gasteiger partial charge in [-0.2, -0.15) is 0 Å². The number of ketones is 1. The zero-order valence-corrected chi connectivity index (χ0v) is 20.9. The van der Waals surface area contributed by atoms with E-state index in [0.717, 1.165) is 0 Å². The number of hydrogen-bond donors (Lipinski definition) is 3. The van der Waals surface area contributed by atoms with Gasteiger partial charge >= 0.3 is 6.09 Å². The van der Waals surface area contributed by atoms with E-state index in [2.05, 4.69) is 16.0 Å². The number of methoxy groups -OCH3 is 2. The largest absolute Gasteiger partial charge is 0.444 e. The SMILES string of the molecule is COCC(NC(=O)OC(C)(C)C)C(=O)N[C@@H](COC)C(=O)N[C@@H](CC(C)C)C(=O)C1(C)CO1. The highest BCUT2D eigenvalue weighted by Crippen LogP contribution is 2.29. The van der Waals surface area contributed by atoms with Crippen molar-refractivity contribution in [2.45, 2.75) is 77.3 Å². The van der Waals surface area contributed by atoms with Gasteiger partial charge < -0.3 is 34.9 Å². The van der Waals surface area contributed by atoms with Gasteiger partial charge in [-0.15, -0.1) is 0 Å². The van der Waals surface area contributed by atoms with Crippen LogP contribution < -0.4 is 16.0 Å². The normalized spacial score (nSPS) is 20.4. The molecule has 1 heterocycles. The van der Waals surface area contributed by atoms with Crippen LogP contribution in [0.4, 0.5) is 4.79 Å². The third kappa shape index (κ3) is 10.1. The van der Waals surface area contributed by atoms with Gasteiger partial charge in [0.25, 0.3) is 0 Å². The zero-order chi connectivity index (χ0) is 25.4. The topological polar surface area (TPSA) is 145 Å². The molecule has 0 aromatic carbocycles. The predicted octanol–water partition coefficient (Wildman–Crippen LogP) is 0.546. The van der Waals surface area contributed by atoms with Gasteiger partial charge in [0.15, 0.2) is 5.78 Å². The molecule has 3 amide bonds. The first-order valence-corrected chi connectivity index (χ1v) is 11.0. The van der Waals surface area contributed by atoms with Crippen LogP contribution in [-0.4, -0.2) is 87.1 Å². The third-order valence-electron chi connectivity index (χ3n) is 4.75. The molecule has 33 heavy (non-hydrogen) atoms. The van der Waals surface area contributed by atoms with E-state index in [1.165, 1.54) is 14.2 Å². The summed E-state index contributed by atoms with van der Waals surface area (Å²) >= 11 is 0. The highest BCUT2D eigenvalue weighted by Gasteiger charge is 2.50. The Morgan fingerprint density at radius 2 is 1.36 bits per heavy atom. The summed E-state index contributed by atoms with van der Waals surface area (Å²) in [6.07, 6.45) is -0.378. The minimum atomic E-state index is -1.11. The molecule has 11 nitrogen and oxygen atoms in total. The van der Waals surface area contributed by atoms with Crippen molar-refractivity contribution in [2.75, 3.05) is 34.0 Å². The van der Waals surface area contributed by atoms with Crippen LogP contribution in [0.25, 0.3) is 0 Å². The average molecular weight is 474 g/mol. The molecule has 1 aliphatic rings. The van der Waals surface area contributed by atoms with E-state index >= 15 is 0 Å². The van der Waals surface area contributed by atoms with Crippen LogP contribution in [0.1, 0.15) is 48.0 Å². The lowest BCUT2D eigenvalue weighted by Gasteiger charge is -2.26. The number of carbonyl (C=O) groups is 4. The van der Waals surface area contributed by atoms with Crippen LogP contribution in [-0.2, 0) is 33.3 Å². The molecule has 11 heteroatoms. The predicted molar refractivity (Wildman–Crippen MR) is 120 cm³/mol. The molecule has 190 valence electrons. The number of amides is 3. The maximum atomic E-state index is 13.0. The summed E-state index contributed by atoms with van der Waals surface area (Å²) in [5.41, 5.74) is -1.65. The molecule has 0 aromatic rings. The zero-order valence-electron chi connectivity index (χ0n) is 20.9. The van der Waals surface area contributed by atoms with E-state index in [9.17, 15) is 19.2 Å². The lowest BCUT2D eigenvalue weighted by Crippen LogP contribution is -2.59. The number of ether oxygens (including phenoxy) is 4.